The lowest BCUT2D eigenvalue weighted by Gasteiger charge is -2.31. The Morgan fingerprint density at radius 1 is 0.918 bits per heavy atom. The number of piperidine rings is 1. The van der Waals surface area contributed by atoms with Gasteiger partial charge in [0.15, 0.2) is 17.5 Å². The Labute approximate surface area is 292 Å². The summed E-state index contributed by atoms with van der Waals surface area (Å²) in [5, 5.41) is 5.16. The molecule has 2 aliphatic heterocycles. The molecule has 9 heteroatoms. The lowest BCUT2D eigenvalue weighted by Crippen LogP contribution is -2.38. The maximum absolute atomic E-state index is 13.6. The van der Waals surface area contributed by atoms with Crippen LogP contribution in [0.5, 0.6) is 0 Å². The molecule has 4 heterocycles. The molecular formula is C40H59FN4O4. The molecular weight excluding hydrogens is 619 g/mol. The predicted octanol–water partition coefficient (Wildman–Crippen LogP) is 9.50. The molecule has 270 valence electrons. The molecule has 0 unspecified atom stereocenters. The molecule has 0 amide bonds. The van der Waals surface area contributed by atoms with E-state index in [0.29, 0.717) is 37.2 Å². The van der Waals surface area contributed by atoms with Gasteiger partial charge in [-0.25, -0.2) is 9.37 Å². The van der Waals surface area contributed by atoms with Gasteiger partial charge >= 0.3 is 5.97 Å². The van der Waals surface area contributed by atoms with Gasteiger partial charge < -0.3 is 14.2 Å². The molecule has 0 aliphatic carbocycles. The zero-order valence-electron chi connectivity index (χ0n) is 30.2. The van der Waals surface area contributed by atoms with Crippen molar-refractivity contribution in [1.82, 2.24) is 19.6 Å². The van der Waals surface area contributed by atoms with E-state index < -0.39 is 6.10 Å². The molecule has 0 bridgehead atoms. The number of esters is 1. The molecule has 5 rings (SSSR count). The van der Waals surface area contributed by atoms with Crippen LogP contribution in [0.25, 0.3) is 11.0 Å². The highest BCUT2D eigenvalue weighted by Gasteiger charge is 2.29. The highest BCUT2D eigenvalue weighted by molar-refractivity contribution is 5.79. The zero-order chi connectivity index (χ0) is 34.4. The maximum Gasteiger partial charge on any atom is 0.306 e. The van der Waals surface area contributed by atoms with Crippen LogP contribution >= 0.6 is 0 Å². The van der Waals surface area contributed by atoms with E-state index in [1.807, 2.05) is 6.92 Å². The van der Waals surface area contributed by atoms with Gasteiger partial charge in [0, 0.05) is 48.1 Å². The Morgan fingerprint density at radius 2 is 1.57 bits per heavy atom. The minimum absolute atomic E-state index is 0.00593. The number of fused-ring (bicyclic) bond motifs is 2. The number of likely N-dealkylation sites (tertiary alicyclic amines) is 1. The van der Waals surface area contributed by atoms with Crippen LogP contribution in [0, 0.1) is 12.7 Å². The maximum atomic E-state index is 13.6. The van der Waals surface area contributed by atoms with Crippen molar-refractivity contribution in [2.24, 2.45) is 0 Å². The third-order valence-corrected chi connectivity index (χ3v) is 10.8. The molecule has 8 nitrogen and oxygen atoms in total. The number of halogens is 1. The Balaban J connectivity index is 0.998. The summed E-state index contributed by atoms with van der Waals surface area (Å²) in [5.41, 5.74) is 2.91. The summed E-state index contributed by atoms with van der Waals surface area (Å²) in [6.45, 7) is 7.37. The molecule has 3 aromatic rings. The summed E-state index contributed by atoms with van der Waals surface area (Å²) in [7, 11) is 0. The SMILES string of the molecule is CCCCCCCCCCCCCCCCC(=O)O[C@@H]1CCCn2c1nc(C)c(CCN1CCC(c3noc4cc(F)ccc34)CC1)c2=O. The Morgan fingerprint density at radius 3 is 2.24 bits per heavy atom. The number of hydrogen-bond donors (Lipinski definition) is 0. The van der Waals surface area contributed by atoms with Crippen LogP contribution in [0.1, 0.15) is 164 Å². The fourth-order valence-electron chi connectivity index (χ4n) is 7.75. The highest BCUT2D eigenvalue weighted by Crippen LogP contribution is 2.33. The van der Waals surface area contributed by atoms with E-state index in [4.69, 9.17) is 14.2 Å². The van der Waals surface area contributed by atoms with Crippen LogP contribution in [0.2, 0.25) is 0 Å². The van der Waals surface area contributed by atoms with Crippen molar-refractivity contribution in [3.63, 3.8) is 0 Å². The fourth-order valence-corrected chi connectivity index (χ4v) is 7.75. The molecule has 1 aromatic carbocycles. The van der Waals surface area contributed by atoms with Crippen LogP contribution in [-0.4, -0.2) is 45.2 Å². The Kier molecular flexibility index (Phi) is 14.7. The van der Waals surface area contributed by atoms with Gasteiger partial charge in [0.1, 0.15) is 5.82 Å². The number of hydrogen-bond acceptors (Lipinski definition) is 7. The average Bonchev–Trinajstić information content (AvgIpc) is 3.52. The second-order valence-corrected chi connectivity index (χ2v) is 14.5. The lowest BCUT2D eigenvalue weighted by molar-refractivity contribution is -0.151. The molecule has 49 heavy (non-hydrogen) atoms. The van der Waals surface area contributed by atoms with E-state index in [2.05, 4.69) is 17.0 Å². The van der Waals surface area contributed by atoms with Crippen molar-refractivity contribution >= 4 is 16.9 Å². The molecule has 0 spiro atoms. The molecule has 0 radical (unpaired) electrons. The van der Waals surface area contributed by atoms with Gasteiger partial charge in [0.25, 0.3) is 5.56 Å². The molecule has 0 saturated carbocycles. The first-order valence-corrected chi connectivity index (χ1v) is 19.5. The van der Waals surface area contributed by atoms with E-state index in [-0.39, 0.29) is 23.3 Å². The van der Waals surface area contributed by atoms with E-state index in [9.17, 15) is 14.0 Å². The number of ether oxygens (including phenoxy) is 1. The smallest absolute Gasteiger partial charge is 0.306 e. The summed E-state index contributed by atoms with van der Waals surface area (Å²) in [4.78, 5) is 33.6. The Hall–Kier alpha value is -3.07. The first kappa shape index (κ1) is 37.2. The first-order valence-electron chi connectivity index (χ1n) is 19.5. The average molecular weight is 679 g/mol. The minimum atomic E-state index is -0.448. The number of aromatic nitrogens is 3. The number of aryl methyl sites for hydroxylation is 1. The monoisotopic (exact) mass is 678 g/mol. The third kappa shape index (κ3) is 10.7. The molecule has 2 aliphatic rings. The van der Waals surface area contributed by atoms with Crippen LogP contribution in [0.4, 0.5) is 4.39 Å². The van der Waals surface area contributed by atoms with Crippen LogP contribution < -0.4 is 5.56 Å². The minimum Gasteiger partial charge on any atom is -0.454 e. The van der Waals surface area contributed by atoms with Crippen LogP contribution in [-0.2, 0) is 22.5 Å². The molecule has 1 atom stereocenters. The van der Waals surface area contributed by atoms with E-state index in [0.717, 1.165) is 74.1 Å². The zero-order valence-corrected chi connectivity index (χ0v) is 30.2. The number of carbonyl (C=O) groups is 1. The van der Waals surface area contributed by atoms with Crippen molar-refractivity contribution in [3.05, 3.63) is 57.1 Å². The first-order chi connectivity index (χ1) is 23.9. The summed E-state index contributed by atoms with van der Waals surface area (Å²) in [5.74, 6) is 0.379. The summed E-state index contributed by atoms with van der Waals surface area (Å²) in [6.07, 6.45) is 22.0. The topological polar surface area (TPSA) is 90.5 Å². The van der Waals surface area contributed by atoms with Gasteiger partial charge in [0.05, 0.1) is 5.69 Å². The number of rotatable bonds is 20. The van der Waals surface area contributed by atoms with Crippen molar-refractivity contribution in [2.75, 3.05) is 19.6 Å². The molecule has 1 fully saturated rings. The Bertz CT molecular complexity index is 1530. The molecule has 0 N–H and O–H groups in total. The molecule has 2 aromatic heterocycles. The van der Waals surface area contributed by atoms with Gasteiger partial charge in [-0.3, -0.25) is 14.2 Å². The number of benzene rings is 1. The van der Waals surface area contributed by atoms with E-state index in [1.54, 1.807) is 10.6 Å². The quantitative estimate of drug-likeness (QED) is 0.0869. The number of carbonyl (C=O) groups excluding carboxylic acids is 1. The second-order valence-electron chi connectivity index (χ2n) is 14.5. The molecule has 1 saturated heterocycles. The standard InChI is InChI=1S/C40H59FN4O4/c1-3-4-5-6-7-8-9-10-11-12-13-14-15-16-19-37(46)48-35-18-17-25-45-39(35)42-30(2)33(40(45)47)24-28-44-26-22-31(23-27-44)38-34-21-20-32(41)29-36(34)49-43-38/h20-21,29,31,35H,3-19,22-28H2,1-2H3/t35-/m1/s1. The summed E-state index contributed by atoms with van der Waals surface area (Å²) in [6, 6.07) is 4.61. The van der Waals surface area contributed by atoms with Gasteiger partial charge in [-0.2, -0.15) is 0 Å². The van der Waals surface area contributed by atoms with Crippen LogP contribution in [0.3, 0.4) is 0 Å². The van der Waals surface area contributed by atoms with Crippen molar-refractivity contribution < 1.29 is 18.4 Å². The van der Waals surface area contributed by atoms with Crippen molar-refractivity contribution in [3.8, 4) is 0 Å². The number of unbranched alkanes of at least 4 members (excludes halogenated alkanes) is 13. The van der Waals surface area contributed by atoms with Gasteiger partial charge in [-0.15, -0.1) is 0 Å². The van der Waals surface area contributed by atoms with Gasteiger partial charge in [0.2, 0.25) is 0 Å². The summed E-state index contributed by atoms with van der Waals surface area (Å²) < 4.78 is 26.6. The normalized spacial score (nSPS) is 17.1. The largest absolute Gasteiger partial charge is 0.454 e. The number of nitrogens with zero attached hydrogens (tertiary/aromatic N) is 4. The summed E-state index contributed by atoms with van der Waals surface area (Å²) >= 11 is 0. The van der Waals surface area contributed by atoms with E-state index in [1.165, 1.54) is 89.2 Å². The van der Waals surface area contributed by atoms with Crippen LogP contribution in [0.15, 0.2) is 27.5 Å². The lowest BCUT2D eigenvalue weighted by atomic mass is 9.91. The fraction of sp³-hybridized carbons (Fsp3) is 0.700. The second kappa shape index (κ2) is 19.4. The predicted molar refractivity (Wildman–Crippen MR) is 192 cm³/mol. The van der Waals surface area contributed by atoms with E-state index >= 15 is 0 Å². The van der Waals surface area contributed by atoms with Crippen molar-refractivity contribution in [1.29, 1.82) is 0 Å². The third-order valence-electron chi connectivity index (χ3n) is 10.8. The van der Waals surface area contributed by atoms with Gasteiger partial charge in [-0.1, -0.05) is 95.6 Å². The van der Waals surface area contributed by atoms with Gasteiger partial charge in [-0.05, 0) is 70.7 Å². The van der Waals surface area contributed by atoms with Crippen molar-refractivity contribution in [2.45, 2.75) is 161 Å². The highest BCUT2D eigenvalue weighted by atomic mass is 19.1.